The van der Waals surface area contributed by atoms with Gasteiger partial charge in [-0.3, -0.25) is 0 Å². The van der Waals surface area contributed by atoms with E-state index in [9.17, 15) is 9.18 Å². The van der Waals surface area contributed by atoms with Crippen molar-refractivity contribution >= 4 is 27.6 Å². The summed E-state index contributed by atoms with van der Waals surface area (Å²) in [5.41, 5.74) is 1.64. The molecule has 1 heterocycles. The van der Waals surface area contributed by atoms with Crippen LogP contribution < -0.4 is 10.1 Å². The molecule has 2 aromatic rings. The molecule has 2 aromatic carbocycles. The highest BCUT2D eigenvalue weighted by Gasteiger charge is 2.30. The number of halogens is 2. The zero-order valence-electron chi connectivity index (χ0n) is 13.3. The number of benzene rings is 2. The number of nitrogens with zero attached hydrogens (tertiary/aromatic N) is 1. The van der Waals surface area contributed by atoms with E-state index in [-0.39, 0.29) is 17.9 Å². The lowest BCUT2D eigenvalue weighted by molar-refractivity contribution is 0.207. The molecule has 0 radical (unpaired) electrons. The molecule has 2 amide bonds. The first-order valence-electron chi connectivity index (χ1n) is 7.75. The number of methoxy groups -OCH3 is 1. The Morgan fingerprint density at radius 2 is 2.04 bits per heavy atom. The highest BCUT2D eigenvalue weighted by atomic mass is 79.9. The minimum atomic E-state index is -0.350. The predicted molar refractivity (Wildman–Crippen MR) is 94.8 cm³/mol. The molecule has 1 atom stereocenters. The Kier molecular flexibility index (Phi) is 5.04. The highest BCUT2D eigenvalue weighted by Crippen LogP contribution is 2.33. The number of ether oxygens (including phenoxy) is 1. The van der Waals surface area contributed by atoms with Gasteiger partial charge in [0.15, 0.2) is 0 Å². The molecule has 1 aliphatic rings. The SMILES string of the molecule is COc1ccc(C2CCCN2C(=O)Nc2ccc(F)cc2Br)cc1. The lowest BCUT2D eigenvalue weighted by atomic mass is 10.0. The number of amides is 2. The molecule has 1 N–H and O–H groups in total. The first-order chi connectivity index (χ1) is 11.6. The normalized spacial score (nSPS) is 17.0. The van der Waals surface area contributed by atoms with Crippen LogP contribution in [0.25, 0.3) is 0 Å². The Morgan fingerprint density at radius 3 is 2.71 bits per heavy atom. The van der Waals surface area contributed by atoms with Gasteiger partial charge in [-0.2, -0.15) is 0 Å². The summed E-state index contributed by atoms with van der Waals surface area (Å²) in [4.78, 5) is 14.5. The van der Waals surface area contributed by atoms with E-state index in [2.05, 4.69) is 21.2 Å². The fourth-order valence-corrected chi connectivity index (χ4v) is 3.41. The van der Waals surface area contributed by atoms with Crippen LogP contribution in [0.4, 0.5) is 14.9 Å². The molecule has 0 bridgehead atoms. The monoisotopic (exact) mass is 392 g/mol. The number of hydrogen-bond acceptors (Lipinski definition) is 2. The molecule has 4 nitrogen and oxygen atoms in total. The van der Waals surface area contributed by atoms with E-state index < -0.39 is 0 Å². The highest BCUT2D eigenvalue weighted by molar-refractivity contribution is 9.10. The maximum absolute atomic E-state index is 13.2. The van der Waals surface area contributed by atoms with E-state index in [1.165, 1.54) is 12.1 Å². The van der Waals surface area contributed by atoms with Crippen LogP contribution in [-0.2, 0) is 0 Å². The minimum absolute atomic E-state index is 0.0372. The molecular formula is C18H18BrFN2O2. The fraction of sp³-hybridized carbons (Fsp3) is 0.278. The molecule has 0 saturated carbocycles. The van der Waals surface area contributed by atoms with Crippen LogP contribution in [0.5, 0.6) is 5.75 Å². The maximum Gasteiger partial charge on any atom is 0.322 e. The van der Waals surface area contributed by atoms with Crippen LogP contribution in [0.1, 0.15) is 24.4 Å². The number of carbonyl (C=O) groups excluding carboxylic acids is 1. The van der Waals surface area contributed by atoms with Gasteiger partial charge in [-0.15, -0.1) is 0 Å². The number of likely N-dealkylation sites (tertiary alicyclic amines) is 1. The second-order valence-corrected chi connectivity index (χ2v) is 6.53. The Bertz CT molecular complexity index is 736. The quantitative estimate of drug-likeness (QED) is 0.801. The van der Waals surface area contributed by atoms with Crippen molar-refractivity contribution in [3.63, 3.8) is 0 Å². The van der Waals surface area contributed by atoms with Gasteiger partial charge in [0.05, 0.1) is 18.8 Å². The van der Waals surface area contributed by atoms with Crippen molar-refractivity contribution in [1.82, 2.24) is 4.90 Å². The molecule has 126 valence electrons. The van der Waals surface area contributed by atoms with Gasteiger partial charge in [-0.05, 0) is 64.7 Å². The Labute approximate surface area is 148 Å². The third-order valence-corrected chi connectivity index (χ3v) is 4.84. The zero-order valence-corrected chi connectivity index (χ0v) is 14.8. The molecule has 3 rings (SSSR count). The second-order valence-electron chi connectivity index (χ2n) is 5.68. The van der Waals surface area contributed by atoms with Crippen LogP contribution in [0.2, 0.25) is 0 Å². The van der Waals surface area contributed by atoms with Crippen molar-refractivity contribution in [2.24, 2.45) is 0 Å². The molecule has 0 aromatic heterocycles. The summed E-state index contributed by atoms with van der Waals surface area (Å²) >= 11 is 3.27. The number of urea groups is 1. The van der Waals surface area contributed by atoms with Crippen LogP contribution in [-0.4, -0.2) is 24.6 Å². The average Bonchev–Trinajstić information content (AvgIpc) is 3.07. The van der Waals surface area contributed by atoms with E-state index in [0.29, 0.717) is 16.7 Å². The van der Waals surface area contributed by atoms with E-state index in [1.54, 1.807) is 13.2 Å². The summed E-state index contributed by atoms with van der Waals surface area (Å²) in [6.45, 7) is 0.696. The fourth-order valence-electron chi connectivity index (χ4n) is 2.96. The number of rotatable bonds is 3. The number of nitrogens with one attached hydrogen (secondary N) is 1. The molecule has 1 fully saturated rings. The lowest BCUT2D eigenvalue weighted by Gasteiger charge is -2.25. The largest absolute Gasteiger partial charge is 0.497 e. The maximum atomic E-state index is 13.2. The van der Waals surface area contributed by atoms with Crippen LogP contribution >= 0.6 is 15.9 Å². The Morgan fingerprint density at radius 1 is 1.29 bits per heavy atom. The van der Waals surface area contributed by atoms with Gasteiger partial charge in [0.2, 0.25) is 0 Å². The lowest BCUT2D eigenvalue weighted by Crippen LogP contribution is -2.34. The topological polar surface area (TPSA) is 41.6 Å². The molecule has 0 spiro atoms. The Balaban J connectivity index is 1.75. The van der Waals surface area contributed by atoms with Crippen molar-refractivity contribution < 1.29 is 13.9 Å². The van der Waals surface area contributed by atoms with Gasteiger partial charge < -0.3 is 15.0 Å². The standard InChI is InChI=1S/C18H18BrFN2O2/c1-24-14-7-4-12(5-8-14)17-3-2-10-22(17)18(23)21-16-9-6-13(20)11-15(16)19/h4-9,11,17H,2-3,10H2,1H3,(H,21,23). The summed E-state index contributed by atoms with van der Waals surface area (Å²) < 4.78 is 18.9. The van der Waals surface area contributed by atoms with Crippen molar-refractivity contribution in [2.45, 2.75) is 18.9 Å². The summed E-state index contributed by atoms with van der Waals surface area (Å²) in [6, 6.07) is 11.9. The van der Waals surface area contributed by atoms with E-state index in [4.69, 9.17) is 4.74 Å². The van der Waals surface area contributed by atoms with E-state index >= 15 is 0 Å². The number of carbonyl (C=O) groups is 1. The molecule has 1 unspecified atom stereocenters. The van der Waals surface area contributed by atoms with Gasteiger partial charge in [0.25, 0.3) is 0 Å². The number of anilines is 1. The third kappa shape index (κ3) is 3.53. The van der Waals surface area contributed by atoms with Gasteiger partial charge in [-0.1, -0.05) is 12.1 Å². The smallest absolute Gasteiger partial charge is 0.322 e. The molecule has 24 heavy (non-hydrogen) atoms. The molecular weight excluding hydrogens is 375 g/mol. The summed E-state index contributed by atoms with van der Waals surface area (Å²) in [5.74, 6) is 0.445. The molecule has 1 aliphatic heterocycles. The first kappa shape index (κ1) is 16.8. The van der Waals surface area contributed by atoms with Crippen molar-refractivity contribution in [1.29, 1.82) is 0 Å². The van der Waals surface area contributed by atoms with Crippen LogP contribution in [0.3, 0.4) is 0 Å². The molecule has 1 saturated heterocycles. The van der Waals surface area contributed by atoms with Crippen molar-refractivity contribution in [3.05, 3.63) is 58.3 Å². The second kappa shape index (κ2) is 7.21. The third-order valence-electron chi connectivity index (χ3n) is 4.19. The minimum Gasteiger partial charge on any atom is -0.497 e. The average molecular weight is 393 g/mol. The van der Waals surface area contributed by atoms with Crippen LogP contribution in [0.15, 0.2) is 46.9 Å². The summed E-state index contributed by atoms with van der Waals surface area (Å²) in [6.07, 6.45) is 1.87. The first-order valence-corrected chi connectivity index (χ1v) is 8.54. The summed E-state index contributed by atoms with van der Waals surface area (Å²) in [5, 5.41) is 2.85. The predicted octanol–water partition coefficient (Wildman–Crippen LogP) is 4.97. The number of hydrogen-bond donors (Lipinski definition) is 1. The zero-order chi connectivity index (χ0) is 17.1. The Hall–Kier alpha value is -2.08. The van der Waals surface area contributed by atoms with E-state index in [0.717, 1.165) is 24.2 Å². The van der Waals surface area contributed by atoms with Crippen molar-refractivity contribution in [2.75, 3.05) is 19.0 Å². The van der Waals surface area contributed by atoms with Crippen LogP contribution in [0, 0.1) is 5.82 Å². The van der Waals surface area contributed by atoms with Gasteiger partial charge in [0, 0.05) is 11.0 Å². The van der Waals surface area contributed by atoms with Gasteiger partial charge >= 0.3 is 6.03 Å². The van der Waals surface area contributed by atoms with E-state index in [1.807, 2.05) is 29.2 Å². The van der Waals surface area contributed by atoms with Gasteiger partial charge in [0.1, 0.15) is 11.6 Å². The van der Waals surface area contributed by atoms with Gasteiger partial charge in [-0.25, -0.2) is 9.18 Å². The van der Waals surface area contributed by atoms with Crippen molar-refractivity contribution in [3.8, 4) is 5.75 Å². The molecule has 6 heteroatoms. The summed E-state index contributed by atoms with van der Waals surface area (Å²) in [7, 11) is 1.63. The molecule has 0 aliphatic carbocycles.